The van der Waals surface area contributed by atoms with Gasteiger partial charge in [0.1, 0.15) is 0 Å². The smallest absolute Gasteiger partial charge is 0.243 e. The molecule has 2 aromatic rings. The second kappa shape index (κ2) is 8.88. The number of rotatable bonds is 5. The molecule has 1 fully saturated rings. The average Bonchev–Trinajstić information content (AvgIpc) is 2.65. The van der Waals surface area contributed by atoms with E-state index in [-0.39, 0.29) is 12.5 Å². The summed E-state index contributed by atoms with van der Waals surface area (Å²) in [5, 5.41) is 2.97. The fraction of sp³-hybridized carbons (Fsp3) is 0.435. The van der Waals surface area contributed by atoms with Gasteiger partial charge in [0.15, 0.2) is 0 Å². The lowest BCUT2D eigenvalue weighted by atomic mass is 10.1. The third-order valence-electron chi connectivity index (χ3n) is 5.78. The van der Waals surface area contributed by atoms with Gasteiger partial charge >= 0.3 is 0 Å². The predicted molar refractivity (Wildman–Crippen MR) is 120 cm³/mol. The van der Waals surface area contributed by atoms with Gasteiger partial charge in [-0.3, -0.25) is 9.69 Å². The normalized spacial score (nSPS) is 15.9. The Morgan fingerprint density at radius 3 is 2.13 bits per heavy atom. The maximum Gasteiger partial charge on any atom is 0.243 e. The van der Waals surface area contributed by atoms with Gasteiger partial charge in [-0.2, -0.15) is 4.31 Å². The summed E-state index contributed by atoms with van der Waals surface area (Å²) < 4.78 is 28.0. The maximum atomic E-state index is 13.2. The van der Waals surface area contributed by atoms with Crippen LogP contribution in [-0.4, -0.2) is 56.3 Å². The highest BCUT2D eigenvalue weighted by Gasteiger charge is 2.31. The quantitative estimate of drug-likeness (QED) is 0.793. The fourth-order valence-electron chi connectivity index (χ4n) is 4.11. The van der Waals surface area contributed by atoms with Crippen molar-refractivity contribution in [1.82, 2.24) is 9.21 Å². The maximum absolute atomic E-state index is 13.2. The number of benzene rings is 2. The number of hydrogen-bond donors (Lipinski definition) is 1. The molecule has 0 aliphatic carbocycles. The minimum Gasteiger partial charge on any atom is -0.325 e. The Morgan fingerprint density at radius 1 is 0.933 bits per heavy atom. The van der Waals surface area contributed by atoms with Gasteiger partial charge in [-0.1, -0.05) is 29.8 Å². The van der Waals surface area contributed by atoms with Crippen LogP contribution in [0.5, 0.6) is 0 Å². The number of amides is 1. The summed E-state index contributed by atoms with van der Waals surface area (Å²) in [6.45, 7) is 11.8. The Bertz CT molecular complexity index is 1030. The van der Waals surface area contributed by atoms with Crippen molar-refractivity contribution in [3.8, 4) is 0 Å². The van der Waals surface area contributed by atoms with Crippen LogP contribution in [-0.2, 0) is 14.8 Å². The van der Waals surface area contributed by atoms with E-state index >= 15 is 0 Å². The summed E-state index contributed by atoms with van der Waals surface area (Å²) in [6, 6.07) is 9.66. The first-order valence-corrected chi connectivity index (χ1v) is 11.7. The number of nitrogens with zero attached hydrogens (tertiary/aromatic N) is 2. The molecule has 1 saturated heterocycles. The van der Waals surface area contributed by atoms with Gasteiger partial charge in [-0.05, 0) is 62.9 Å². The molecule has 0 aromatic heterocycles. The number of anilines is 1. The van der Waals surface area contributed by atoms with Crippen LogP contribution in [0.2, 0.25) is 0 Å². The second-order valence-corrected chi connectivity index (χ2v) is 10.1. The summed E-state index contributed by atoms with van der Waals surface area (Å²) in [6.07, 6.45) is 0. The molecule has 0 atom stereocenters. The molecule has 7 heteroatoms. The van der Waals surface area contributed by atoms with Gasteiger partial charge in [0.05, 0.1) is 11.4 Å². The Morgan fingerprint density at radius 2 is 1.53 bits per heavy atom. The lowest BCUT2D eigenvalue weighted by molar-refractivity contribution is -0.117. The number of carbonyl (C=O) groups is 1. The summed E-state index contributed by atoms with van der Waals surface area (Å²) in [5.74, 6) is -0.0785. The van der Waals surface area contributed by atoms with Crippen LogP contribution in [0.3, 0.4) is 0 Å². The van der Waals surface area contributed by atoms with Crippen LogP contribution < -0.4 is 5.32 Å². The molecule has 162 valence electrons. The summed E-state index contributed by atoms with van der Waals surface area (Å²) in [5.41, 5.74) is 5.64. The van der Waals surface area contributed by atoms with Gasteiger partial charge in [0.25, 0.3) is 0 Å². The largest absolute Gasteiger partial charge is 0.325 e. The van der Waals surface area contributed by atoms with Crippen LogP contribution >= 0.6 is 0 Å². The highest BCUT2D eigenvalue weighted by atomic mass is 32.2. The zero-order valence-electron chi connectivity index (χ0n) is 18.4. The monoisotopic (exact) mass is 429 g/mol. The van der Waals surface area contributed by atoms with Crippen molar-refractivity contribution in [2.24, 2.45) is 0 Å². The molecular formula is C23H31N3O3S. The predicted octanol–water partition coefficient (Wildman–Crippen LogP) is 3.17. The van der Waals surface area contributed by atoms with Gasteiger partial charge in [-0.25, -0.2) is 8.42 Å². The van der Waals surface area contributed by atoms with Crippen molar-refractivity contribution in [2.45, 2.75) is 39.5 Å². The number of sulfonamides is 1. The zero-order chi connectivity index (χ0) is 22.1. The topological polar surface area (TPSA) is 69.7 Å². The van der Waals surface area contributed by atoms with Crippen LogP contribution in [0.1, 0.15) is 27.8 Å². The van der Waals surface area contributed by atoms with Crippen LogP contribution in [0, 0.1) is 34.6 Å². The molecule has 1 amide bonds. The molecule has 2 aromatic carbocycles. The minimum atomic E-state index is -3.54. The molecule has 1 aliphatic heterocycles. The van der Waals surface area contributed by atoms with E-state index in [0.717, 1.165) is 33.5 Å². The Balaban J connectivity index is 1.62. The molecule has 0 radical (unpaired) electrons. The van der Waals surface area contributed by atoms with E-state index < -0.39 is 10.0 Å². The van der Waals surface area contributed by atoms with Crippen molar-refractivity contribution in [1.29, 1.82) is 0 Å². The standard InChI is InChI=1S/C23H31N3O3S/c1-16-13-18(3)23(19(4)14-16)30(28,29)26-11-9-25(10-12-26)15-22(27)24-21-8-6-7-17(2)20(21)5/h6-8,13-14H,9-12,15H2,1-5H3,(H,24,27). The van der Waals surface area contributed by atoms with Crippen molar-refractivity contribution in [2.75, 3.05) is 38.0 Å². The summed E-state index contributed by atoms with van der Waals surface area (Å²) in [7, 11) is -3.54. The molecule has 1 N–H and O–H groups in total. The van der Waals surface area contributed by atoms with Crippen molar-refractivity contribution < 1.29 is 13.2 Å². The molecule has 1 heterocycles. The lowest BCUT2D eigenvalue weighted by Crippen LogP contribution is -2.50. The van der Waals surface area contributed by atoms with Crippen LogP contribution in [0.25, 0.3) is 0 Å². The Labute approximate surface area is 179 Å². The van der Waals surface area contributed by atoms with Gasteiger partial charge in [0.2, 0.25) is 15.9 Å². The number of hydrogen-bond acceptors (Lipinski definition) is 4. The molecule has 0 saturated carbocycles. The highest BCUT2D eigenvalue weighted by molar-refractivity contribution is 7.89. The first-order chi connectivity index (χ1) is 14.1. The summed E-state index contributed by atoms with van der Waals surface area (Å²) in [4.78, 5) is 14.9. The Kier molecular flexibility index (Phi) is 6.65. The molecule has 6 nitrogen and oxygen atoms in total. The van der Waals surface area contributed by atoms with Crippen molar-refractivity contribution in [3.63, 3.8) is 0 Å². The molecule has 1 aliphatic rings. The molecular weight excluding hydrogens is 398 g/mol. The van der Waals surface area contributed by atoms with Crippen LogP contribution in [0.4, 0.5) is 5.69 Å². The molecule has 0 unspecified atom stereocenters. The molecule has 0 bridgehead atoms. The molecule has 0 spiro atoms. The van der Waals surface area contributed by atoms with E-state index in [9.17, 15) is 13.2 Å². The second-order valence-electron chi connectivity index (χ2n) is 8.20. The number of aryl methyl sites for hydroxylation is 4. The van der Waals surface area contributed by atoms with Gasteiger partial charge in [-0.15, -0.1) is 0 Å². The van der Waals surface area contributed by atoms with Crippen molar-refractivity contribution >= 4 is 21.6 Å². The third kappa shape index (κ3) is 4.74. The van der Waals surface area contributed by atoms with E-state index in [1.165, 1.54) is 4.31 Å². The fourth-order valence-corrected chi connectivity index (χ4v) is 5.94. The lowest BCUT2D eigenvalue weighted by Gasteiger charge is -2.34. The number of nitrogens with one attached hydrogen (secondary N) is 1. The van der Waals surface area contributed by atoms with Crippen LogP contribution in [0.15, 0.2) is 35.2 Å². The summed E-state index contributed by atoms with van der Waals surface area (Å²) >= 11 is 0. The van der Waals surface area contributed by atoms with E-state index in [0.29, 0.717) is 31.1 Å². The molecule has 30 heavy (non-hydrogen) atoms. The highest BCUT2D eigenvalue weighted by Crippen LogP contribution is 2.26. The van der Waals surface area contributed by atoms with Gasteiger partial charge in [0, 0.05) is 31.9 Å². The van der Waals surface area contributed by atoms with E-state index in [1.54, 1.807) is 0 Å². The van der Waals surface area contributed by atoms with Crippen molar-refractivity contribution in [3.05, 3.63) is 58.1 Å². The Hall–Kier alpha value is -2.22. The number of piperazine rings is 1. The zero-order valence-corrected chi connectivity index (χ0v) is 19.3. The average molecular weight is 430 g/mol. The number of carbonyl (C=O) groups excluding carboxylic acids is 1. The first kappa shape index (κ1) is 22.5. The van der Waals surface area contributed by atoms with E-state index in [2.05, 4.69) is 5.32 Å². The molecule has 3 rings (SSSR count). The minimum absolute atomic E-state index is 0.0785. The SMILES string of the molecule is Cc1cc(C)c(S(=O)(=O)N2CCN(CC(=O)Nc3cccc(C)c3C)CC2)c(C)c1. The van der Waals surface area contributed by atoms with Gasteiger partial charge < -0.3 is 5.32 Å². The van der Waals surface area contributed by atoms with E-state index in [1.807, 2.05) is 69.9 Å². The third-order valence-corrected chi connectivity index (χ3v) is 7.98. The first-order valence-electron chi connectivity index (χ1n) is 10.3. The van der Waals surface area contributed by atoms with E-state index in [4.69, 9.17) is 0 Å².